The molecule has 0 aromatic rings. The molecule has 0 saturated carbocycles. The minimum Gasteiger partial charge on any atom is -0.403 e. The lowest BCUT2D eigenvalue weighted by Gasteiger charge is -1.89. The van der Waals surface area contributed by atoms with Crippen molar-refractivity contribution in [3.8, 4) is 0 Å². The lowest BCUT2D eigenvalue weighted by molar-refractivity contribution is 1.06. The molecule has 0 unspecified atom stereocenters. The molecule has 0 heterocycles. The Morgan fingerprint density at radius 1 is 1.75 bits per heavy atom. The predicted octanol–water partition coefficient (Wildman–Crippen LogP) is 1.29. The van der Waals surface area contributed by atoms with Gasteiger partial charge in [0.25, 0.3) is 0 Å². The van der Waals surface area contributed by atoms with Crippen molar-refractivity contribution in [2.75, 3.05) is 0 Å². The largest absolute Gasteiger partial charge is 0.403 e. The predicted molar refractivity (Wildman–Crippen MR) is 36.7 cm³/mol. The molecule has 0 fully saturated rings. The normalized spacial score (nSPS) is 13.0. The highest BCUT2D eigenvalue weighted by atomic mass is 14.7. The first-order chi connectivity index (χ1) is 3.85. The molecule has 0 aliphatic rings. The van der Waals surface area contributed by atoms with Crippen LogP contribution in [0.2, 0.25) is 0 Å². The minimum absolute atomic E-state index is 0.904. The van der Waals surface area contributed by atoms with Crippen LogP contribution >= 0.6 is 0 Å². The Morgan fingerprint density at radius 2 is 2.38 bits per heavy atom. The van der Waals surface area contributed by atoms with Crippen LogP contribution in [-0.4, -0.2) is 6.21 Å². The highest BCUT2D eigenvalue weighted by Crippen LogP contribution is 1.96. The van der Waals surface area contributed by atoms with E-state index in [1.54, 1.807) is 6.21 Å². The van der Waals surface area contributed by atoms with Crippen LogP contribution in [0.3, 0.4) is 0 Å². The molecule has 0 aromatic heterocycles. The summed E-state index contributed by atoms with van der Waals surface area (Å²) in [7, 11) is 0. The summed E-state index contributed by atoms with van der Waals surface area (Å²) >= 11 is 0. The molecule has 2 nitrogen and oxygen atoms in total. The monoisotopic (exact) mass is 112 g/mol. The van der Waals surface area contributed by atoms with Crippen molar-refractivity contribution >= 4 is 6.21 Å². The number of nitrogens with two attached hydrogens (primary N) is 1. The van der Waals surface area contributed by atoms with Crippen molar-refractivity contribution in [2.24, 2.45) is 10.7 Å². The molecule has 2 N–H and O–H groups in total. The van der Waals surface area contributed by atoms with Crippen LogP contribution in [0.15, 0.2) is 16.9 Å². The smallest absolute Gasteiger partial charge is 0.0551 e. The van der Waals surface area contributed by atoms with Gasteiger partial charge in [-0.25, -0.2) is 0 Å². The second-order valence-electron chi connectivity index (χ2n) is 1.40. The summed E-state index contributed by atoms with van der Waals surface area (Å²) in [5, 5.41) is 0. The van der Waals surface area contributed by atoms with Crippen molar-refractivity contribution in [2.45, 2.75) is 20.3 Å². The zero-order valence-corrected chi connectivity index (χ0v) is 5.39. The zero-order valence-electron chi connectivity index (χ0n) is 5.39. The van der Waals surface area contributed by atoms with Gasteiger partial charge in [-0.05, 0) is 13.3 Å². The lowest BCUT2D eigenvalue weighted by atomic mass is 10.4. The van der Waals surface area contributed by atoms with Crippen LogP contribution in [-0.2, 0) is 0 Å². The van der Waals surface area contributed by atoms with Crippen molar-refractivity contribution in [3.05, 3.63) is 11.9 Å². The molecule has 0 amide bonds. The van der Waals surface area contributed by atoms with E-state index in [0.29, 0.717) is 0 Å². The summed E-state index contributed by atoms with van der Waals surface area (Å²) in [6.45, 7) is 3.89. The van der Waals surface area contributed by atoms with Crippen LogP contribution in [0.25, 0.3) is 0 Å². The van der Waals surface area contributed by atoms with Crippen molar-refractivity contribution in [1.82, 2.24) is 0 Å². The Kier molecular flexibility index (Phi) is 3.94. The van der Waals surface area contributed by atoms with Gasteiger partial charge in [-0.15, -0.1) is 0 Å². The fraction of sp³-hybridized carbons (Fsp3) is 0.500. The first-order valence-corrected chi connectivity index (χ1v) is 2.74. The van der Waals surface area contributed by atoms with Gasteiger partial charge in [-0.1, -0.05) is 6.92 Å². The molecule has 0 spiro atoms. The first kappa shape index (κ1) is 7.21. The number of hydrogen-bond donors (Lipinski definition) is 1. The van der Waals surface area contributed by atoms with E-state index in [1.165, 1.54) is 6.20 Å². The first-order valence-electron chi connectivity index (χ1n) is 2.74. The quantitative estimate of drug-likeness (QED) is 0.537. The van der Waals surface area contributed by atoms with Crippen molar-refractivity contribution in [1.29, 1.82) is 0 Å². The molecule has 0 aliphatic carbocycles. The van der Waals surface area contributed by atoms with Gasteiger partial charge in [0.05, 0.1) is 5.70 Å². The molecule has 0 atom stereocenters. The van der Waals surface area contributed by atoms with Gasteiger partial charge in [-0.3, -0.25) is 4.99 Å². The Balaban J connectivity index is 3.72. The van der Waals surface area contributed by atoms with Crippen LogP contribution in [0, 0.1) is 0 Å². The average Bonchev–Trinajstić information content (AvgIpc) is 1.83. The van der Waals surface area contributed by atoms with E-state index in [2.05, 4.69) is 4.99 Å². The molecule has 0 aromatic carbocycles. The molecule has 0 saturated heterocycles. The average molecular weight is 112 g/mol. The van der Waals surface area contributed by atoms with Gasteiger partial charge < -0.3 is 5.73 Å². The van der Waals surface area contributed by atoms with E-state index in [4.69, 9.17) is 5.73 Å². The molecule has 46 valence electrons. The van der Waals surface area contributed by atoms with Gasteiger partial charge in [0, 0.05) is 12.4 Å². The van der Waals surface area contributed by atoms with Gasteiger partial charge in [0.15, 0.2) is 0 Å². The number of nitrogens with zero attached hydrogens (tertiary/aromatic N) is 1. The zero-order chi connectivity index (χ0) is 6.41. The van der Waals surface area contributed by atoms with Gasteiger partial charge in [0.1, 0.15) is 0 Å². The molecule has 2 heteroatoms. The Labute approximate surface area is 50.1 Å². The fourth-order valence-electron chi connectivity index (χ4n) is 0.418. The van der Waals surface area contributed by atoms with E-state index in [1.807, 2.05) is 13.8 Å². The summed E-state index contributed by atoms with van der Waals surface area (Å²) in [5.74, 6) is 0. The maximum absolute atomic E-state index is 5.19. The van der Waals surface area contributed by atoms with Gasteiger partial charge in [0.2, 0.25) is 0 Å². The van der Waals surface area contributed by atoms with E-state index in [0.717, 1.165) is 12.1 Å². The summed E-state index contributed by atoms with van der Waals surface area (Å²) in [4.78, 5) is 3.97. The van der Waals surface area contributed by atoms with Gasteiger partial charge >= 0.3 is 0 Å². The Hall–Kier alpha value is -0.790. The third kappa shape index (κ3) is 2.39. The van der Waals surface area contributed by atoms with E-state index >= 15 is 0 Å². The maximum atomic E-state index is 5.19. The third-order valence-electron chi connectivity index (χ3n) is 0.850. The SMILES string of the molecule is CC=N/C(=C\N)CC. The highest BCUT2D eigenvalue weighted by molar-refractivity contribution is 5.55. The molecule has 8 heavy (non-hydrogen) atoms. The summed E-state index contributed by atoms with van der Waals surface area (Å²) in [6.07, 6.45) is 4.17. The van der Waals surface area contributed by atoms with Crippen molar-refractivity contribution < 1.29 is 0 Å². The third-order valence-corrected chi connectivity index (χ3v) is 0.850. The van der Waals surface area contributed by atoms with Crippen molar-refractivity contribution in [3.63, 3.8) is 0 Å². The highest BCUT2D eigenvalue weighted by Gasteiger charge is 1.81. The van der Waals surface area contributed by atoms with Crippen LogP contribution < -0.4 is 5.73 Å². The van der Waals surface area contributed by atoms with Gasteiger partial charge in [-0.2, -0.15) is 0 Å². The van der Waals surface area contributed by atoms with E-state index in [9.17, 15) is 0 Å². The second-order valence-corrected chi connectivity index (χ2v) is 1.40. The van der Waals surface area contributed by atoms with E-state index < -0.39 is 0 Å². The number of allylic oxidation sites excluding steroid dienone is 1. The molecule has 0 aliphatic heterocycles. The molecule has 0 radical (unpaired) electrons. The summed E-state index contributed by atoms with van der Waals surface area (Å²) in [6, 6.07) is 0. The molecule has 0 bridgehead atoms. The summed E-state index contributed by atoms with van der Waals surface area (Å²) < 4.78 is 0. The lowest BCUT2D eigenvalue weighted by Crippen LogP contribution is -1.83. The minimum atomic E-state index is 0.904. The fourth-order valence-corrected chi connectivity index (χ4v) is 0.418. The maximum Gasteiger partial charge on any atom is 0.0551 e. The number of rotatable bonds is 2. The number of hydrogen-bond acceptors (Lipinski definition) is 2. The molecular formula is C6H12N2. The van der Waals surface area contributed by atoms with E-state index in [-0.39, 0.29) is 0 Å². The Morgan fingerprint density at radius 3 is 2.50 bits per heavy atom. The van der Waals surface area contributed by atoms with Crippen LogP contribution in [0.4, 0.5) is 0 Å². The summed E-state index contributed by atoms with van der Waals surface area (Å²) in [5.41, 5.74) is 6.13. The topological polar surface area (TPSA) is 38.4 Å². The Bertz CT molecular complexity index is 100. The second kappa shape index (κ2) is 4.37. The molecular weight excluding hydrogens is 100 g/mol. The molecule has 0 rings (SSSR count). The van der Waals surface area contributed by atoms with Crippen LogP contribution in [0.1, 0.15) is 20.3 Å². The van der Waals surface area contributed by atoms with Crippen LogP contribution in [0.5, 0.6) is 0 Å². The standard InChI is InChI=1S/C6H12N2/c1-3-6(5-7)8-4-2/h4-5H,3,7H2,1-2H3/b6-5-,8-4?. The number of aliphatic imine (C=N–C) groups is 1.